The van der Waals surface area contributed by atoms with Gasteiger partial charge in [0.05, 0.1) is 12.7 Å². The van der Waals surface area contributed by atoms with Crippen LogP contribution in [0.3, 0.4) is 0 Å². The summed E-state index contributed by atoms with van der Waals surface area (Å²) in [5, 5.41) is 9.41. The normalized spacial score (nSPS) is 13.2. The molecular formula is C18H20N2O. The summed E-state index contributed by atoms with van der Waals surface area (Å²) < 4.78 is 5.86. The number of nitrogens with two attached hydrogens (primary N) is 1. The highest BCUT2D eigenvalue weighted by Crippen LogP contribution is 2.25. The molecule has 0 saturated carbocycles. The maximum Gasteiger partial charge on any atom is 0.133 e. The highest BCUT2D eigenvalue weighted by molar-refractivity contribution is 5.39. The number of benzene rings is 2. The molecule has 0 aliphatic rings. The molecule has 0 aliphatic carbocycles. The zero-order valence-corrected chi connectivity index (χ0v) is 12.5. The lowest BCUT2D eigenvalue weighted by Gasteiger charge is -2.22. The molecule has 2 aromatic carbocycles. The maximum absolute atomic E-state index is 9.41. The molecule has 1 unspecified atom stereocenters. The van der Waals surface area contributed by atoms with Crippen LogP contribution in [0, 0.1) is 25.2 Å². The van der Waals surface area contributed by atoms with Gasteiger partial charge in [-0.15, -0.1) is 0 Å². The number of hydrogen-bond donors (Lipinski definition) is 1. The average molecular weight is 280 g/mol. The molecule has 0 fully saturated rings. The Kier molecular flexibility index (Phi) is 4.62. The quantitative estimate of drug-likeness (QED) is 0.912. The first-order valence-corrected chi connectivity index (χ1v) is 7.01. The molecule has 0 amide bonds. The lowest BCUT2D eigenvalue weighted by molar-refractivity contribution is 0.278. The van der Waals surface area contributed by atoms with Gasteiger partial charge in [-0.3, -0.25) is 0 Å². The number of aryl methyl sites for hydroxylation is 2. The molecule has 3 nitrogen and oxygen atoms in total. The van der Waals surface area contributed by atoms with E-state index in [0.717, 1.165) is 22.4 Å². The summed E-state index contributed by atoms with van der Waals surface area (Å²) in [7, 11) is 0. The third-order valence-electron chi connectivity index (χ3n) is 3.64. The first-order chi connectivity index (χ1) is 10.1. The number of hydrogen-bond acceptors (Lipinski definition) is 3. The van der Waals surface area contributed by atoms with Gasteiger partial charge in [0.15, 0.2) is 0 Å². The lowest BCUT2D eigenvalue weighted by atomic mass is 9.89. The Labute approximate surface area is 126 Å². The van der Waals surface area contributed by atoms with Crippen LogP contribution in [0.4, 0.5) is 0 Å². The van der Waals surface area contributed by atoms with Crippen molar-refractivity contribution >= 4 is 0 Å². The highest BCUT2D eigenvalue weighted by atomic mass is 16.5. The van der Waals surface area contributed by atoms with E-state index in [9.17, 15) is 5.26 Å². The van der Waals surface area contributed by atoms with E-state index in [-0.39, 0.29) is 0 Å². The summed E-state index contributed by atoms with van der Waals surface area (Å²) in [6.07, 6.45) is 0.446. The standard InChI is InChI=1S/C18H20N2O/c1-14-7-6-8-15(2)17(14)21-12-11-18(20,13-19)16-9-4-3-5-10-16/h3-10H,11-12,20H2,1-2H3. The highest BCUT2D eigenvalue weighted by Gasteiger charge is 2.27. The third-order valence-corrected chi connectivity index (χ3v) is 3.64. The molecule has 0 aliphatic heterocycles. The molecule has 2 N–H and O–H groups in total. The van der Waals surface area contributed by atoms with Gasteiger partial charge in [0.1, 0.15) is 11.3 Å². The van der Waals surface area contributed by atoms with E-state index in [1.165, 1.54) is 0 Å². The molecule has 0 bridgehead atoms. The van der Waals surface area contributed by atoms with Crippen molar-refractivity contribution in [2.75, 3.05) is 6.61 Å². The number of ether oxygens (including phenoxy) is 1. The molecule has 0 aromatic heterocycles. The number of nitrogens with zero attached hydrogens (tertiary/aromatic N) is 1. The predicted molar refractivity (Wildman–Crippen MR) is 83.9 cm³/mol. The van der Waals surface area contributed by atoms with E-state index in [4.69, 9.17) is 10.5 Å². The largest absolute Gasteiger partial charge is 0.493 e. The molecule has 0 radical (unpaired) electrons. The number of rotatable bonds is 5. The Hall–Kier alpha value is -2.31. The van der Waals surface area contributed by atoms with Crippen molar-refractivity contribution in [1.29, 1.82) is 5.26 Å². The SMILES string of the molecule is Cc1cccc(C)c1OCCC(N)(C#N)c1ccccc1. The van der Waals surface area contributed by atoms with Crippen molar-refractivity contribution in [3.05, 3.63) is 65.2 Å². The fourth-order valence-corrected chi connectivity index (χ4v) is 2.34. The van der Waals surface area contributed by atoms with Crippen LogP contribution in [0.25, 0.3) is 0 Å². The minimum Gasteiger partial charge on any atom is -0.493 e. The van der Waals surface area contributed by atoms with Gasteiger partial charge in [-0.05, 0) is 30.5 Å². The second kappa shape index (κ2) is 6.43. The Morgan fingerprint density at radius 3 is 2.24 bits per heavy atom. The van der Waals surface area contributed by atoms with Crippen LogP contribution in [0.5, 0.6) is 5.75 Å². The van der Waals surface area contributed by atoms with E-state index >= 15 is 0 Å². The molecule has 3 heteroatoms. The van der Waals surface area contributed by atoms with Gasteiger partial charge in [0.2, 0.25) is 0 Å². The maximum atomic E-state index is 9.41. The summed E-state index contributed by atoms with van der Waals surface area (Å²) in [5.41, 5.74) is 8.20. The molecule has 0 saturated heterocycles. The fraction of sp³-hybridized carbons (Fsp3) is 0.278. The van der Waals surface area contributed by atoms with Crippen LogP contribution in [-0.2, 0) is 5.54 Å². The van der Waals surface area contributed by atoms with Gasteiger partial charge in [0, 0.05) is 6.42 Å². The van der Waals surface area contributed by atoms with Crippen LogP contribution >= 0.6 is 0 Å². The van der Waals surface area contributed by atoms with Gasteiger partial charge in [-0.2, -0.15) is 5.26 Å². The van der Waals surface area contributed by atoms with E-state index in [0.29, 0.717) is 13.0 Å². The monoisotopic (exact) mass is 280 g/mol. The third kappa shape index (κ3) is 3.42. The summed E-state index contributed by atoms with van der Waals surface area (Å²) >= 11 is 0. The summed E-state index contributed by atoms with van der Waals surface area (Å²) in [5.74, 6) is 0.880. The van der Waals surface area contributed by atoms with E-state index in [1.54, 1.807) is 0 Å². The van der Waals surface area contributed by atoms with E-state index in [2.05, 4.69) is 6.07 Å². The summed E-state index contributed by atoms with van der Waals surface area (Å²) in [6, 6.07) is 17.7. The lowest BCUT2D eigenvalue weighted by Crippen LogP contribution is -2.36. The van der Waals surface area contributed by atoms with Gasteiger partial charge < -0.3 is 10.5 Å². The van der Waals surface area contributed by atoms with E-state index < -0.39 is 5.54 Å². The van der Waals surface area contributed by atoms with Gasteiger partial charge >= 0.3 is 0 Å². The van der Waals surface area contributed by atoms with Crippen molar-refractivity contribution in [3.63, 3.8) is 0 Å². The minimum absolute atomic E-state index is 0.407. The molecule has 21 heavy (non-hydrogen) atoms. The molecule has 0 heterocycles. The zero-order valence-electron chi connectivity index (χ0n) is 12.5. The average Bonchev–Trinajstić information content (AvgIpc) is 2.51. The number of para-hydroxylation sites is 1. The molecular weight excluding hydrogens is 260 g/mol. The smallest absolute Gasteiger partial charge is 0.133 e. The Bertz CT molecular complexity index is 626. The van der Waals surface area contributed by atoms with Crippen LogP contribution in [0.1, 0.15) is 23.1 Å². The molecule has 2 aromatic rings. The van der Waals surface area contributed by atoms with Crippen molar-refractivity contribution in [1.82, 2.24) is 0 Å². The topological polar surface area (TPSA) is 59.0 Å². The zero-order chi connectivity index (χ0) is 15.3. The van der Waals surface area contributed by atoms with Crippen LogP contribution in [0.2, 0.25) is 0 Å². The van der Waals surface area contributed by atoms with Crippen LogP contribution < -0.4 is 10.5 Å². The van der Waals surface area contributed by atoms with Crippen molar-refractivity contribution in [2.45, 2.75) is 25.8 Å². The van der Waals surface area contributed by atoms with Gasteiger partial charge in [-0.1, -0.05) is 48.5 Å². The number of nitriles is 1. The Morgan fingerprint density at radius 2 is 1.67 bits per heavy atom. The molecule has 1 atom stereocenters. The summed E-state index contributed by atoms with van der Waals surface area (Å²) in [6.45, 7) is 4.43. The molecule has 2 rings (SSSR count). The Balaban J connectivity index is 2.07. The first kappa shape index (κ1) is 15.1. The minimum atomic E-state index is -1.02. The van der Waals surface area contributed by atoms with Crippen molar-refractivity contribution in [3.8, 4) is 11.8 Å². The van der Waals surface area contributed by atoms with Crippen molar-refractivity contribution in [2.24, 2.45) is 5.73 Å². The van der Waals surface area contributed by atoms with Crippen LogP contribution in [-0.4, -0.2) is 6.61 Å². The predicted octanol–water partition coefficient (Wildman–Crippen LogP) is 3.45. The molecule has 108 valence electrons. The summed E-state index contributed by atoms with van der Waals surface area (Å²) in [4.78, 5) is 0. The second-order valence-corrected chi connectivity index (χ2v) is 5.27. The molecule has 0 spiro atoms. The van der Waals surface area contributed by atoms with Crippen molar-refractivity contribution < 1.29 is 4.74 Å². The fourth-order valence-electron chi connectivity index (χ4n) is 2.34. The Morgan fingerprint density at radius 1 is 1.05 bits per heavy atom. The first-order valence-electron chi connectivity index (χ1n) is 7.01. The van der Waals surface area contributed by atoms with Crippen LogP contribution in [0.15, 0.2) is 48.5 Å². The van der Waals surface area contributed by atoms with E-state index in [1.807, 2.05) is 62.4 Å². The second-order valence-electron chi connectivity index (χ2n) is 5.27. The van der Waals surface area contributed by atoms with Gasteiger partial charge in [-0.25, -0.2) is 0 Å². The van der Waals surface area contributed by atoms with Gasteiger partial charge in [0.25, 0.3) is 0 Å².